The van der Waals surface area contributed by atoms with Gasteiger partial charge in [0.2, 0.25) is 0 Å². The van der Waals surface area contributed by atoms with Crippen molar-refractivity contribution in [2.75, 3.05) is 7.11 Å². The van der Waals surface area contributed by atoms with Gasteiger partial charge in [0.05, 0.1) is 22.2 Å². The zero-order chi connectivity index (χ0) is 19.8. The minimum atomic E-state index is -0.526. The summed E-state index contributed by atoms with van der Waals surface area (Å²) in [4.78, 5) is 27.9. The fourth-order valence-electron chi connectivity index (χ4n) is 3.01. The molecule has 0 unspecified atom stereocenters. The number of thiazole rings is 1. The predicted molar refractivity (Wildman–Crippen MR) is 105 cm³/mol. The van der Waals surface area contributed by atoms with Gasteiger partial charge in [0.25, 0.3) is 5.69 Å². The molecule has 0 fully saturated rings. The zero-order valence-electron chi connectivity index (χ0n) is 15.0. The molecule has 0 aliphatic heterocycles. The first-order chi connectivity index (χ1) is 13.5. The summed E-state index contributed by atoms with van der Waals surface area (Å²) in [7, 11) is 1.53. The molecule has 2 heterocycles. The van der Waals surface area contributed by atoms with Crippen molar-refractivity contribution in [2.24, 2.45) is 4.99 Å². The molecule has 4 aromatic rings. The van der Waals surface area contributed by atoms with Crippen molar-refractivity contribution in [3.05, 3.63) is 63.1 Å². The fraction of sp³-hybridized carbons (Fsp3) is 0.158. The third kappa shape index (κ3) is 2.95. The summed E-state index contributed by atoms with van der Waals surface area (Å²) in [5.74, 6) is 0.112. The number of methoxy groups -OCH3 is 1. The van der Waals surface area contributed by atoms with Gasteiger partial charge >= 0.3 is 5.91 Å². The molecule has 2 aromatic heterocycles. The van der Waals surface area contributed by atoms with Gasteiger partial charge in [0, 0.05) is 24.1 Å². The van der Waals surface area contributed by atoms with Crippen LogP contribution in [0.1, 0.15) is 17.5 Å². The quantitative estimate of drug-likeness (QED) is 0.381. The Morgan fingerprint density at radius 3 is 2.86 bits per heavy atom. The van der Waals surface area contributed by atoms with Crippen molar-refractivity contribution >= 4 is 44.1 Å². The minimum Gasteiger partial charge on any atom is -0.493 e. The van der Waals surface area contributed by atoms with E-state index < -0.39 is 10.8 Å². The average molecular weight is 397 g/mol. The van der Waals surface area contributed by atoms with Crippen molar-refractivity contribution in [1.29, 1.82) is 0 Å². The van der Waals surface area contributed by atoms with Crippen LogP contribution in [-0.2, 0) is 6.54 Å². The number of hydrogen-bond acceptors (Lipinski definition) is 6. The lowest BCUT2D eigenvalue weighted by molar-refractivity contribution is -0.384. The topological polar surface area (TPSA) is 99.9 Å². The maximum Gasteiger partial charge on any atom is 0.315 e. The van der Waals surface area contributed by atoms with Gasteiger partial charge in [0.1, 0.15) is 0 Å². The molecule has 142 valence electrons. The standard InChI is InChI=1S/C19H15N3O5S/c1-3-21-13-10-12(22(24)25)7-8-16(13)28-19(21)20-18(23)15-9-11-5-4-6-14(26-2)17(11)27-15/h4-10H,3H2,1-2H3. The highest BCUT2D eigenvalue weighted by atomic mass is 32.1. The van der Waals surface area contributed by atoms with Crippen LogP contribution in [-0.4, -0.2) is 22.5 Å². The largest absolute Gasteiger partial charge is 0.493 e. The average Bonchev–Trinajstić information content (AvgIpc) is 3.27. The monoisotopic (exact) mass is 397 g/mol. The molecule has 0 bridgehead atoms. The van der Waals surface area contributed by atoms with E-state index in [0.29, 0.717) is 28.2 Å². The van der Waals surface area contributed by atoms with E-state index in [1.807, 2.05) is 19.1 Å². The second-order valence-electron chi connectivity index (χ2n) is 5.94. The molecule has 0 radical (unpaired) electrons. The van der Waals surface area contributed by atoms with Crippen LogP contribution in [0.15, 0.2) is 51.9 Å². The number of aromatic nitrogens is 1. The first kappa shape index (κ1) is 17.9. The first-order valence-corrected chi connectivity index (χ1v) is 9.27. The van der Waals surface area contributed by atoms with Crippen LogP contribution in [0.4, 0.5) is 5.69 Å². The van der Waals surface area contributed by atoms with Gasteiger partial charge in [-0.15, -0.1) is 0 Å². The molecule has 0 saturated heterocycles. The summed E-state index contributed by atoms with van der Waals surface area (Å²) in [6, 6.07) is 11.6. The lowest BCUT2D eigenvalue weighted by Gasteiger charge is -2.00. The normalized spacial score (nSPS) is 12.0. The van der Waals surface area contributed by atoms with Gasteiger partial charge in [-0.2, -0.15) is 4.99 Å². The Balaban J connectivity index is 1.83. The zero-order valence-corrected chi connectivity index (χ0v) is 15.9. The highest BCUT2D eigenvalue weighted by Crippen LogP contribution is 2.29. The Kier molecular flexibility index (Phi) is 4.44. The molecule has 0 aliphatic rings. The molecule has 0 spiro atoms. The SMILES string of the molecule is CCn1c(=NC(=O)c2cc3cccc(OC)c3o2)sc2ccc([N+](=O)[O-])cc21. The molecular weight excluding hydrogens is 382 g/mol. The van der Waals surface area contributed by atoms with Crippen LogP contribution in [0.2, 0.25) is 0 Å². The van der Waals surface area contributed by atoms with E-state index in [1.165, 1.54) is 30.6 Å². The second kappa shape index (κ2) is 6.93. The summed E-state index contributed by atoms with van der Waals surface area (Å²) in [6.45, 7) is 2.40. The van der Waals surface area contributed by atoms with Crippen LogP contribution >= 0.6 is 11.3 Å². The fourth-order valence-corrected chi connectivity index (χ4v) is 4.08. The summed E-state index contributed by atoms with van der Waals surface area (Å²) in [5.41, 5.74) is 1.15. The number of nitrogens with zero attached hydrogens (tertiary/aromatic N) is 3. The maximum atomic E-state index is 12.7. The van der Waals surface area contributed by atoms with Crippen LogP contribution in [0.25, 0.3) is 21.2 Å². The number of aryl methyl sites for hydroxylation is 1. The number of fused-ring (bicyclic) bond motifs is 2. The molecule has 1 amide bonds. The Morgan fingerprint density at radius 2 is 2.14 bits per heavy atom. The van der Waals surface area contributed by atoms with Gasteiger partial charge in [0.15, 0.2) is 21.9 Å². The lowest BCUT2D eigenvalue weighted by Crippen LogP contribution is -2.15. The van der Waals surface area contributed by atoms with Crippen molar-refractivity contribution in [2.45, 2.75) is 13.5 Å². The van der Waals surface area contributed by atoms with Crippen molar-refractivity contribution in [3.8, 4) is 5.75 Å². The van der Waals surface area contributed by atoms with Gasteiger partial charge in [-0.25, -0.2) is 0 Å². The molecular formula is C19H15N3O5S. The maximum absolute atomic E-state index is 12.7. The Bertz CT molecular complexity index is 1300. The number of nitro groups is 1. The summed E-state index contributed by atoms with van der Waals surface area (Å²) in [5, 5.41) is 11.8. The molecule has 8 nitrogen and oxygen atoms in total. The number of rotatable bonds is 4. The molecule has 9 heteroatoms. The van der Waals surface area contributed by atoms with E-state index in [2.05, 4.69) is 4.99 Å². The van der Waals surface area contributed by atoms with Crippen molar-refractivity contribution in [3.63, 3.8) is 0 Å². The highest BCUT2D eigenvalue weighted by molar-refractivity contribution is 7.16. The number of benzene rings is 2. The van der Waals surface area contributed by atoms with Gasteiger partial charge in [-0.3, -0.25) is 14.9 Å². The molecule has 0 N–H and O–H groups in total. The first-order valence-electron chi connectivity index (χ1n) is 8.45. The molecule has 28 heavy (non-hydrogen) atoms. The Morgan fingerprint density at radius 1 is 1.32 bits per heavy atom. The number of amides is 1. The molecule has 0 aliphatic carbocycles. The van der Waals surface area contributed by atoms with E-state index in [9.17, 15) is 14.9 Å². The molecule has 2 aromatic carbocycles. The number of carbonyl (C=O) groups is 1. The van der Waals surface area contributed by atoms with Gasteiger partial charge in [-0.1, -0.05) is 23.5 Å². The number of non-ortho nitro benzene ring substituents is 1. The number of hydrogen-bond donors (Lipinski definition) is 0. The number of carbonyl (C=O) groups excluding carboxylic acids is 1. The number of furan rings is 1. The third-order valence-corrected chi connectivity index (χ3v) is 5.39. The van der Waals surface area contributed by atoms with Crippen LogP contribution in [0, 0.1) is 10.1 Å². The number of para-hydroxylation sites is 1. The second-order valence-corrected chi connectivity index (χ2v) is 6.95. The van der Waals surface area contributed by atoms with Crippen molar-refractivity contribution < 1.29 is 18.9 Å². The van der Waals surface area contributed by atoms with E-state index in [-0.39, 0.29) is 11.4 Å². The highest BCUT2D eigenvalue weighted by Gasteiger charge is 2.16. The number of nitro benzene ring substituents is 1. The Hall–Kier alpha value is -3.46. The van der Waals surface area contributed by atoms with Gasteiger partial charge < -0.3 is 13.7 Å². The predicted octanol–water partition coefficient (Wildman–Crippen LogP) is 4.13. The minimum absolute atomic E-state index is 0.00486. The summed E-state index contributed by atoms with van der Waals surface area (Å²) >= 11 is 1.29. The lowest BCUT2D eigenvalue weighted by atomic mass is 10.2. The van der Waals surface area contributed by atoms with E-state index in [1.54, 1.807) is 22.8 Å². The van der Waals surface area contributed by atoms with Crippen molar-refractivity contribution in [1.82, 2.24) is 4.57 Å². The Labute approximate surface area is 162 Å². The van der Waals surface area contributed by atoms with E-state index >= 15 is 0 Å². The van der Waals surface area contributed by atoms with E-state index in [0.717, 1.165) is 10.1 Å². The number of ether oxygens (including phenoxy) is 1. The van der Waals surface area contributed by atoms with Gasteiger partial charge in [-0.05, 0) is 25.1 Å². The summed E-state index contributed by atoms with van der Waals surface area (Å²) < 4.78 is 13.5. The van der Waals surface area contributed by atoms with E-state index in [4.69, 9.17) is 9.15 Å². The smallest absolute Gasteiger partial charge is 0.315 e. The molecule has 0 atom stereocenters. The molecule has 4 rings (SSSR count). The third-order valence-electron chi connectivity index (χ3n) is 4.33. The summed E-state index contributed by atoms with van der Waals surface area (Å²) in [6.07, 6.45) is 0. The van der Waals surface area contributed by atoms with Crippen LogP contribution in [0.3, 0.4) is 0 Å². The molecule has 0 saturated carbocycles. The van der Waals surface area contributed by atoms with Crippen LogP contribution < -0.4 is 9.54 Å². The van der Waals surface area contributed by atoms with Crippen LogP contribution in [0.5, 0.6) is 5.75 Å².